The van der Waals surface area contributed by atoms with Crippen LogP contribution in [0.1, 0.15) is 52.2 Å². The van der Waals surface area contributed by atoms with E-state index in [0.717, 1.165) is 19.3 Å². The number of allylic oxidation sites excluding steroid dienone is 1. The first-order valence-corrected chi connectivity index (χ1v) is 6.75. The van der Waals surface area contributed by atoms with Crippen molar-refractivity contribution in [3.8, 4) is 0 Å². The Labute approximate surface area is 117 Å². The van der Waals surface area contributed by atoms with Crippen LogP contribution in [0.15, 0.2) is 23.8 Å². The number of carbonyl (C=O) groups is 2. The number of rotatable bonds is 5. The maximum atomic E-state index is 11.9. The molecule has 0 unspecified atom stereocenters. The van der Waals surface area contributed by atoms with Gasteiger partial charge in [-0.05, 0) is 44.7 Å². The molecule has 1 heterocycles. The lowest BCUT2D eigenvalue weighted by Gasteiger charge is -2.07. The Bertz CT molecular complexity index is 564. The summed E-state index contributed by atoms with van der Waals surface area (Å²) in [6.45, 7) is 2.18. The molecule has 0 radical (unpaired) electrons. The fraction of sp³-hybridized carbons (Fsp3) is 0.400. The summed E-state index contributed by atoms with van der Waals surface area (Å²) in [5.41, 5.74) is 2.13. The molecule has 0 bridgehead atoms. The largest absolute Gasteiger partial charge is 0.478 e. The molecule has 0 aromatic carbocycles. The van der Waals surface area contributed by atoms with Gasteiger partial charge in [-0.2, -0.15) is 0 Å². The van der Waals surface area contributed by atoms with E-state index < -0.39 is 5.97 Å². The number of pyridine rings is 1. The number of carboxylic acids is 1. The van der Waals surface area contributed by atoms with E-state index in [9.17, 15) is 9.59 Å². The molecule has 5 nitrogen and oxygen atoms in total. The van der Waals surface area contributed by atoms with Crippen molar-refractivity contribution in [3.63, 3.8) is 0 Å². The predicted octanol–water partition coefficient (Wildman–Crippen LogP) is 2.32. The number of aromatic nitrogens is 1. The number of nitrogens with zero attached hydrogens (tertiary/aromatic N) is 1. The minimum Gasteiger partial charge on any atom is -0.478 e. The van der Waals surface area contributed by atoms with E-state index in [2.05, 4.69) is 16.4 Å². The van der Waals surface area contributed by atoms with Crippen LogP contribution < -0.4 is 5.32 Å². The zero-order valence-electron chi connectivity index (χ0n) is 11.5. The van der Waals surface area contributed by atoms with Crippen LogP contribution in [-0.2, 0) is 0 Å². The molecule has 1 aromatic heterocycles. The summed E-state index contributed by atoms with van der Waals surface area (Å²) in [5, 5.41) is 11.7. The average molecular weight is 274 g/mol. The molecule has 0 fully saturated rings. The van der Waals surface area contributed by atoms with Gasteiger partial charge in [0.2, 0.25) is 0 Å². The van der Waals surface area contributed by atoms with Gasteiger partial charge in [0.1, 0.15) is 5.69 Å². The lowest BCUT2D eigenvalue weighted by atomic mass is 10.1. The quantitative estimate of drug-likeness (QED) is 0.808. The monoisotopic (exact) mass is 274 g/mol. The van der Waals surface area contributed by atoms with Crippen LogP contribution in [0, 0.1) is 6.92 Å². The summed E-state index contributed by atoms with van der Waals surface area (Å²) in [4.78, 5) is 26.8. The first kappa shape index (κ1) is 14.2. The fourth-order valence-corrected chi connectivity index (χ4v) is 2.31. The van der Waals surface area contributed by atoms with E-state index in [1.807, 2.05) is 0 Å². The van der Waals surface area contributed by atoms with Crippen molar-refractivity contribution in [2.24, 2.45) is 0 Å². The van der Waals surface area contributed by atoms with Gasteiger partial charge in [0.15, 0.2) is 0 Å². The molecule has 5 heteroatoms. The number of hydrogen-bond acceptors (Lipinski definition) is 3. The van der Waals surface area contributed by atoms with Crippen LogP contribution in [0.4, 0.5) is 0 Å². The molecule has 2 N–H and O–H groups in total. The number of hydrogen-bond donors (Lipinski definition) is 2. The topological polar surface area (TPSA) is 79.3 Å². The minimum absolute atomic E-state index is 0.123. The first-order chi connectivity index (χ1) is 9.58. The molecular formula is C15H18N2O3. The Morgan fingerprint density at radius 1 is 1.40 bits per heavy atom. The van der Waals surface area contributed by atoms with Crippen molar-refractivity contribution < 1.29 is 14.7 Å². The highest BCUT2D eigenvalue weighted by Crippen LogP contribution is 2.19. The van der Waals surface area contributed by atoms with Crippen molar-refractivity contribution in [1.29, 1.82) is 0 Å². The molecule has 0 aliphatic heterocycles. The van der Waals surface area contributed by atoms with E-state index in [4.69, 9.17) is 5.11 Å². The standard InChI is InChI=1S/C15H18N2O3/c1-10-12(15(19)20)6-7-13(17-10)14(18)16-9-8-11-4-2-3-5-11/h4,6-7H,2-3,5,8-9H2,1H3,(H,16,18)(H,19,20). The smallest absolute Gasteiger partial charge is 0.337 e. The summed E-state index contributed by atoms with van der Waals surface area (Å²) in [5.74, 6) is -1.29. The minimum atomic E-state index is -1.03. The van der Waals surface area contributed by atoms with Crippen LogP contribution >= 0.6 is 0 Å². The zero-order chi connectivity index (χ0) is 14.5. The van der Waals surface area contributed by atoms with Crippen molar-refractivity contribution in [1.82, 2.24) is 10.3 Å². The van der Waals surface area contributed by atoms with Gasteiger partial charge in [-0.15, -0.1) is 0 Å². The van der Waals surface area contributed by atoms with E-state index >= 15 is 0 Å². The maximum absolute atomic E-state index is 11.9. The highest BCUT2D eigenvalue weighted by atomic mass is 16.4. The highest BCUT2D eigenvalue weighted by molar-refractivity contribution is 5.94. The van der Waals surface area contributed by atoms with Crippen LogP contribution in [0.5, 0.6) is 0 Å². The molecule has 1 aliphatic rings. The van der Waals surface area contributed by atoms with Gasteiger partial charge in [0.05, 0.1) is 11.3 Å². The number of nitrogens with one attached hydrogen (secondary N) is 1. The third-order valence-electron chi connectivity index (χ3n) is 3.42. The fourth-order valence-electron chi connectivity index (χ4n) is 2.31. The van der Waals surface area contributed by atoms with Gasteiger partial charge >= 0.3 is 5.97 Å². The second-order valence-electron chi connectivity index (χ2n) is 4.90. The normalized spacial score (nSPS) is 13.9. The lowest BCUT2D eigenvalue weighted by Crippen LogP contribution is -2.26. The Balaban J connectivity index is 1.92. The summed E-state index contributed by atoms with van der Waals surface area (Å²) >= 11 is 0. The number of aromatic carboxylic acids is 1. The molecule has 0 saturated carbocycles. The summed E-state index contributed by atoms with van der Waals surface area (Å²) < 4.78 is 0. The SMILES string of the molecule is Cc1nc(C(=O)NCCC2=CCCC2)ccc1C(=O)O. The molecule has 106 valence electrons. The van der Waals surface area contributed by atoms with Gasteiger partial charge in [0, 0.05) is 6.54 Å². The van der Waals surface area contributed by atoms with E-state index in [1.165, 1.54) is 24.1 Å². The maximum Gasteiger partial charge on any atom is 0.337 e. The van der Waals surface area contributed by atoms with E-state index in [-0.39, 0.29) is 17.2 Å². The van der Waals surface area contributed by atoms with E-state index in [0.29, 0.717) is 12.2 Å². The van der Waals surface area contributed by atoms with Crippen molar-refractivity contribution >= 4 is 11.9 Å². The lowest BCUT2D eigenvalue weighted by molar-refractivity contribution is 0.0694. The zero-order valence-corrected chi connectivity index (χ0v) is 11.5. The van der Waals surface area contributed by atoms with Crippen molar-refractivity contribution in [2.75, 3.05) is 6.54 Å². The summed E-state index contributed by atoms with van der Waals surface area (Å²) in [6.07, 6.45) is 6.58. The third kappa shape index (κ3) is 3.44. The Morgan fingerprint density at radius 3 is 2.80 bits per heavy atom. The van der Waals surface area contributed by atoms with Crippen molar-refractivity contribution in [3.05, 3.63) is 40.7 Å². The Morgan fingerprint density at radius 2 is 2.20 bits per heavy atom. The second-order valence-corrected chi connectivity index (χ2v) is 4.90. The van der Waals surface area contributed by atoms with Crippen LogP contribution in [0.3, 0.4) is 0 Å². The molecule has 0 saturated heterocycles. The Kier molecular flexibility index (Phi) is 4.50. The van der Waals surface area contributed by atoms with Gasteiger partial charge in [-0.3, -0.25) is 4.79 Å². The van der Waals surface area contributed by atoms with Crippen molar-refractivity contribution in [2.45, 2.75) is 32.6 Å². The summed E-state index contributed by atoms with van der Waals surface area (Å²) in [7, 11) is 0. The van der Waals surface area contributed by atoms with Crippen LogP contribution in [0.2, 0.25) is 0 Å². The molecule has 0 atom stereocenters. The Hall–Kier alpha value is -2.17. The van der Waals surface area contributed by atoms with Gasteiger partial charge < -0.3 is 10.4 Å². The van der Waals surface area contributed by atoms with Crippen LogP contribution in [-0.4, -0.2) is 28.5 Å². The molecule has 0 spiro atoms. The molecular weight excluding hydrogens is 256 g/mol. The first-order valence-electron chi connectivity index (χ1n) is 6.75. The number of aryl methyl sites for hydroxylation is 1. The van der Waals surface area contributed by atoms with Crippen LogP contribution in [0.25, 0.3) is 0 Å². The third-order valence-corrected chi connectivity index (χ3v) is 3.42. The number of carbonyl (C=O) groups excluding carboxylic acids is 1. The average Bonchev–Trinajstić information content (AvgIpc) is 2.91. The van der Waals surface area contributed by atoms with Gasteiger partial charge in [0.25, 0.3) is 5.91 Å². The number of carboxylic acid groups (broad SMARTS) is 1. The summed E-state index contributed by atoms with van der Waals surface area (Å²) in [6, 6.07) is 2.86. The molecule has 1 aromatic rings. The van der Waals surface area contributed by atoms with Gasteiger partial charge in [-0.1, -0.05) is 11.6 Å². The number of amides is 1. The predicted molar refractivity (Wildman–Crippen MR) is 74.8 cm³/mol. The molecule has 20 heavy (non-hydrogen) atoms. The molecule has 2 rings (SSSR count). The van der Waals surface area contributed by atoms with E-state index in [1.54, 1.807) is 6.92 Å². The second kappa shape index (κ2) is 6.32. The highest BCUT2D eigenvalue weighted by Gasteiger charge is 2.13. The van der Waals surface area contributed by atoms with Gasteiger partial charge in [-0.25, -0.2) is 9.78 Å². The molecule has 1 aliphatic carbocycles. The molecule has 1 amide bonds.